The van der Waals surface area contributed by atoms with Gasteiger partial charge in [-0.1, -0.05) is 0 Å². The SMILES string of the molecule is O=C(NC1CS(=O)(=O)C1)c1cccnc1. The topological polar surface area (TPSA) is 76.1 Å². The molecule has 6 heteroatoms. The first-order chi connectivity index (χ1) is 7.07. The average Bonchev–Trinajstić information content (AvgIpc) is 2.16. The number of amides is 1. The van der Waals surface area contributed by atoms with E-state index >= 15 is 0 Å². The highest BCUT2D eigenvalue weighted by Crippen LogP contribution is 2.10. The summed E-state index contributed by atoms with van der Waals surface area (Å²) in [5, 5.41) is 2.63. The molecule has 80 valence electrons. The molecule has 0 aliphatic carbocycles. The number of nitrogens with zero attached hydrogens (tertiary/aromatic N) is 1. The fraction of sp³-hybridized carbons (Fsp3) is 0.333. The molecule has 1 aliphatic rings. The van der Waals surface area contributed by atoms with Crippen LogP contribution in [0, 0.1) is 0 Å². The summed E-state index contributed by atoms with van der Waals surface area (Å²) in [6.07, 6.45) is 3.02. The van der Waals surface area contributed by atoms with E-state index < -0.39 is 9.84 Å². The molecule has 0 atom stereocenters. The van der Waals surface area contributed by atoms with E-state index in [-0.39, 0.29) is 23.5 Å². The quantitative estimate of drug-likeness (QED) is 0.745. The monoisotopic (exact) mass is 226 g/mol. The van der Waals surface area contributed by atoms with Crippen molar-refractivity contribution in [1.82, 2.24) is 10.3 Å². The van der Waals surface area contributed by atoms with Crippen molar-refractivity contribution in [1.29, 1.82) is 0 Å². The maximum Gasteiger partial charge on any atom is 0.253 e. The summed E-state index contributed by atoms with van der Waals surface area (Å²) in [5.41, 5.74) is 0.446. The second-order valence-electron chi connectivity index (χ2n) is 3.49. The summed E-state index contributed by atoms with van der Waals surface area (Å²) >= 11 is 0. The van der Waals surface area contributed by atoms with Gasteiger partial charge in [-0.3, -0.25) is 9.78 Å². The largest absolute Gasteiger partial charge is 0.347 e. The molecular formula is C9H10N2O3S. The van der Waals surface area contributed by atoms with E-state index in [1.165, 1.54) is 6.20 Å². The number of hydrogen-bond acceptors (Lipinski definition) is 4. The van der Waals surface area contributed by atoms with Crippen LogP contribution in [0.5, 0.6) is 0 Å². The highest BCUT2D eigenvalue weighted by Gasteiger charge is 2.34. The molecule has 2 heterocycles. The van der Waals surface area contributed by atoms with Crippen molar-refractivity contribution in [3.63, 3.8) is 0 Å². The molecule has 0 unspecified atom stereocenters. The number of nitrogens with one attached hydrogen (secondary N) is 1. The van der Waals surface area contributed by atoms with Gasteiger partial charge in [-0.15, -0.1) is 0 Å². The molecule has 15 heavy (non-hydrogen) atoms. The lowest BCUT2D eigenvalue weighted by Crippen LogP contribution is -2.52. The number of hydrogen-bond donors (Lipinski definition) is 1. The van der Waals surface area contributed by atoms with E-state index in [4.69, 9.17) is 0 Å². The van der Waals surface area contributed by atoms with Gasteiger partial charge in [0.1, 0.15) is 0 Å². The molecule has 1 saturated heterocycles. The van der Waals surface area contributed by atoms with Gasteiger partial charge in [0.15, 0.2) is 9.84 Å². The van der Waals surface area contributed by atoms with Gasteiger partial charge >= 0.3 is 0 Å². The van der Waals surface area contributed by atoms with Crippen molar-refractivity contribution < 1.29 is 13.2 Å². The molecule has 0 radical (unpaired) electrons. The van der Waals surface area contributed by atoms with Crippen LogP contribution in [0.4, 0.5) is 0 Å². The highest BCUT2D eigenvalue weighted by molar-refractivity contribution is 7.92. The van der Waals surface area contributed by atoms with Gasteiger partial charge in [0, 0.05) is 12.4 Å². The molecule has 1 aromatic rings. The third kappa shape index (κ3) is 2.33. The molecule has 0 aromatic carbocycles. The first kappa shape index (κ1) is 10.1. The maximum atomic E-state index is 11.5. The lowest BCUT2D eigenvalue weighted by Gasteiger charge is -2.26. The second kappa shape index (κ2) is 3.62. The molecule has 1 aliphatic heterocycles. The Morgan fingerprint density at radius 3 is 2.73 bits per heavy atom. The first-order valence-electron chi connectivity index (χ1n) is 4.48. The predicted octanol–water partition coefficient (Wildman–Crippen LogP) is -0.392. The van der Waals surface area contributed by atoms with Crippen LogP contribution < -0.4 is 5.32 Å². The van der Waals surface area contributed by atoms with Gasteiger partial charge in [-0.05, 0) is 12.1 Å². The summed E-state index contributed by atoms with van der Waals surface area (Å²) in [6.45, 7) is 0. The van der Waals surface area contributed by atoms with Crippen molar-refractivity contribution in [2.75, 3.05) is 11.5 Å². The molecule has 2 rings (SSSR count). The Morgan fingerprint density at radius 2 is 2.20 bits per heavy atom. The van der Waals surface area contributed by atoms with Crippen LogP contribution in [0.15, 0.2) is 24.5 Å². The summed E-state index contributed by atoms with van der Waals surface area (Å²) in [6, 6.07) is 3.05. The van der Waals surface area contributed by atoms with E-state index in [1.54, 1.807) is 18.3 Å². The first-order valence-corrected chi connectivity index (χ1v) is 6.30. The Labute approximate surface area is 87.4 Å². The van der Waals surface area contributed by atoms with Crippen molar-refractivity contribution in [2.24, 2.45) is 0 Å². The summed E-state index contributed by atoms with van der Waals surface area (Å²) < 4.78 is 21.7. The normalized spacial score (nSPS) is 19.2. The van der Waals surface area contributed by atoms with E-state index in [9.17, 15) is 13.2 Å². The Hall–Kier alpha value is -1.43. The summed E-state index contributed by atoms with van der Waals surface area (Å²) in [7, 11) is -2.89. The molecule has 0 bridgehead atoms. The third-order valence-electron chi connectivity index (χ3n) is 2.17. The number of carbonyl (C=O) groups is 1. The summed E-state index contributed by atoms with van der Waals surface area (Å²) in [5.74, 6) is -0.194. The van der Waals surface area contributed by atoms with Gasteiger partial charge in [0.05, 0.1) is 23.1 Å². The number of aromatic nitrogens is 1. The lowest BCUT2D eigenvalue weighted by molar-refractivity contribution is 0.0941. The van der Waals surface area contributed by atoms with Gasteiger partial charge in [0.25, 0.3) is 5.91 Å². The third-order valence-corrected chi connectivity index (χ3v) is 3.99. The van der Waals surface area contributed by atoms with E-state index in [2.05, 4.69) is 10.3 Å². The van der Waals surface area contributed by atoms with E-state index in [0.29, 0.717) is 5.56 Å². The van der Waals surface area contributed by atoms with Crippen LogP contribution in [0.25, 0.3) is 0 Å². The molecule has 1 fully saturated rings. The Kier molecular flexibility index (Phi) is 2.44. The van der Waals surface area contributed by atoms with Crippen LogP contribution >= 0.6 is 0 Å². The molecule has 0 saturated carbocycles. The Morgan fingerprint density at radius 1 is 1.47 bits per heavy atom. The number of rotatable bonds is 2. The predicted molar refractivity (Wildman–Crippen MR) is 54.1 cm³/mol. The van der Waals surface area contributed by atoms with Crippen LogP contribution in [-0.4, -0.2) is 36.9 Å². The van der Waals surface area contributed by atoms with E-state index in [0.717, 1.165) is 0 Å². The Bertz CT molecular complexity index is 457. The zero-order valence-corrected chi connectivity index (χ0v) is 8.70. The van der Waals surface area contributed by atoms with Crippen LogP contribution in [0.1, 0.15) is 10.4 Å². The van der Waals surface area contributed by atoms with E-state index in [1.807, 2.05) is 0 Å². The van der Waals surface area contributed by atoms with Crippen molar-refractivity contribution in [2.45, 2.75) is 6.04 Å². The number of carbonyl (C=O) groups excluding carboxylic acids is 1. The van der Waals surface area contributed by atoms with Gasteiger partial charge in [0.2, 0.25) is 0 Å². The fourth-order valence-electron chi connectivity index (χ4n) is 1.41. The number of pyridine rings is 1. The van der Waals surface area contributed by atoms with Crippen molar-refractivity contribution in [3.8, 4) is 0 Å². The fourth-order valence-corrected chi connectivity index (χ4v) is 2.71. The average molecular weight is 226 g/mol. The zero-order valence-electron chi connectivity index (χ0n) is 7.88. The molecule has 0 spiro atoms. The van der Waals surface area contributed by atoms with Crippen LogP contribution in [0.2, 0.25) is 0 Å². The molecule has 5 nitrogen and oxygen atoms in total. The minimum Gasteiger partial charge on any atom is -0.347 e. The highest BCUT2D eigenvalue weighted by atomic mass is 32.2. The lowest BCUT2D eigenvalue weighted by atomic mass is 10.2. The van der Waals surface area contributed by atoms with Gasteiger partial charge in [-0.25, -0.2) is 8.42 Å². The minimum absolute atomic E-state index is 0.0407. The second-order valence-corrected chi connectivity index (χ2v) is 5.64. The number of sulfone groups is 1. The van der Waals surface area contributed by atoms with Gasteiger partial charge in [-0.2, -0.15) is 0 Å². The van der Waals surface area contributed by atoms with Gasteiger partial charge < -0.3 is 5.32 Å². The molecule has 1 N–H and O–H groups in total. The summed E-state index contributed by atoms with van der Waals surface area (Å²) in [4.78, 5) is 15.3. The van der Waals surface area contributed by atoms with Crippen LogP contribution in [0.3, 0.4) is 0 Å². The zero-order chi connectivity index (χ0) is 10.9. The molecular weight excluding hydrogens is 216 g/mol. The van der Waals surface area contributed by atoms with Crippen molar-refractivity contribution >= 4 is 15.7 Å². The molecule has 1 amide bonds. The standard InChI is InChI=1S/C9H10N2O3S/c12-9(7-2-1-3-10-4-7)11-8-5-15(13,14)6-8/h1-4,8H,5-6H2,(H,11,12). The molecule has 1 aromatic heterocycles. The van der Waals surface area contributed by atoms with Crippen molar-refractivity contribution in [3.05, 3.63) is 30.1 Å². The maximum absolute atomic E-state index is 11.5. The van der Waals surface area contributed by atoms with Crippen LogP contribution in [-0.2, 0) is 9.84 Å². The Balaban J connectivity index is 1.95. The minimum atomic E-state index is -2.89. The smallest absolute Gasteiger partial charge is 0.253 e.